The van der Waals surface area contributed by atoms with E-state index in [2.05, 4.69) is 5.32 Å². The van der Waals surface area contributed by atoms with E-state index in [1.807, 2.05) is 30.5 Å². The molecule has 16 heavy (non-hydrogen) atoms. The van der Waals surface area contributed by atoms with Crippen molar-refractivity contribution in [2.75, 3.05) is 6.26 Å². The molecule has 84 valence electrons. The maximum atomic E-state index is 11.6. The Morgan fingerprint density at radius 3 is 2.50 bits per heavy atom. The lowest BCUT2D eigenvalue weighted by atomic mass is 9.97. The molecule has 0 bridgehead atoms. The Kier molecular flexibility index (Phi) is 3.21. The first-order valence-corrected chi connectivity index (χ1v) is 6.43. The Hall–Kier alpha value is -1.000. The fourth-order valence-electron chi connectivity index (χ4n) is 1.77. The molecule has 1 saturated heterocycles. The second-order valence-electron chi connectivity index (χ2n) is 3.47. The average Bonchev–Trinajstić information content (AvgIpc) is 2.53. The number of hydrogen-bond acceptors (Lipinski definition) is 3. The highest BCUT2D eigenvalue weighted by molar-refractivity contribution is 7.98. The van der Waals surface area contributed by atoms with Crippen LogP contribution in [-0.2, 0) is 9.59 Å². The van der Waals surface area contributed by atoms with Crippen LogP contribution in [0.2, 0.25) is 0 Å². The van der Waals surface area contributed by atoms with Gasteiger partial charge in [-0.15, -0.1) is 23.4 Å². The minimum Gasteiger partial charge on any atom is -0.295 e. The third kappa shape index (κ3) is 1.83. The summed E-state index contributed by atoms with van der Waals surface area (Å²) in [5.74, 6) is -1.29. The summed E-state index contributed by atoms with van der Waals surface area (Å²) >= 11 is 7.48. The molecule has 2 rings (SSSR count). The predicted molar refractivity (Wildman–Crippen MR) is 63.8 cm³/mol. The SMILES string of the molecule is CSc1ccccc1C1C(=O)NC(=O)C1Cl. The van der Waals surface area contributed by atoms with Crippen molar-refractivity contribution < 1.29 is 9.59 Å². The van der Waals surface area contributed by atoms with Gasteiger partial charge in [0.1, 0.15) is 5.38 Å². The van der Waals surface area contributed by atoms with Gasteiger partial charge in [0.2, 0.25) is 11.8 Å². The zero-order valence-corrected chi connectivity index (χ0v) is 10.1. The van der Waals surface area contributed by atoms with Crippen LogP contribution < -0.4 is 5.32 Å². The summed E-state index contributed by atoms with van der Waals surface area (Å²) in [5.41, 5.74) is 0.818. The van der Waals surface area contributed by atoms with Crippen LogP contribution in [0.5, 0.6) is 0 Å². The van der Waals surface area contributed by atoms with Crippen LogP contribution >= 0.6 is 23.4 Å². The van der Waals surface area contributed by atoms with Crippen LogP contribution in [0.1, 0.15) is 11.5 Å². The number of halogens is 1. The molecular weight excluding hydrogens is 246 g/mol. The molecule has 3 nitrogen and oxygen atoms in total. The fraction of sp³-hybridized carbons (Fsp3) is 0.273. The van der Waals surface area contributed by atoms with E-state index >= 15 is 0 Å². The van der Waals surface area contributed by atoms with Crippen LogP contribution in [0.4, 0.5) is 0 Å². The zero-order valence-electron chi connectivity index (χ0n) is 8.57. The lowest BCUT2D eigenvalue weighted by Gasteiger charge is -2.13. The number of carbonyl (C=O) groups excluding carboxylic acids is 2. The molecule has 5 heteroatoms. The van der Waals surface area contributed by atoms with Crippen molar-refractivity contribution >= 4 is 35.2 Å². The molecule has 1 aromatic carbocycles. The number of benzene rings is 1. The first-order chi connectivity index (χ1) is 7.65. The van der Waals surface area contributed by atoms with E-state index in [-0.39, 0.29) is 5.91 Å². The number of nitrogens with one attached hydrogen (secondary N) is 1. The number of carbonyl (C=O) groups is 2. The number of imide groups is 1. The predicted octanol–water partition coefficient (Wildman–Crippen LogP) is 1.76. The Morgan fingerprint density at radius 1 is 1.25 bits per heavy atom. The molecule has 0 aliphatic carbocycles. The number of alkyl halides is 1. The van der Waals surface area contributed by atoms with Gasteiger partial charge in [0.25, 0.3) is 0 Å². The van der Waals surface area contributed by atoms with Crippen molar-refractivity contribution in [1.82, 2.24) is 5.32 Å². The van der Waals surface area contributed by atoms with Crippen LogP contribution in [0, 0.1) is 0 Å². The van der Waals surface area contributed by atoms with E-state index in [1.165, 1.54) is 11.8 Å². The maximum absolute atomic E-state index is 11.6. The van der Waals surface area contributed by atoms with E-state index in [0.29, 0.717) is 0 Å². The van der Waals surface area contributed by atoms with Crippen LogP contribution in [0.3, 0.4) is 0 Å². The van der Waals surface area contributed by atoms with Crippen molar-refractivity contribution in [1.29, 1.82) is 0 Å². The van der Waals surface area contributed by atoms with E-state index in [9.17, 15) is 9.59 Å². The van der Waals surface area contributed by atoms with Gasteiger partial charge in [-0.3, -0.25) is 14.9 Å². The molecule has 2 atom stereocenters. The molecule has 2 unspecified atom stereocenters. The summed E-state index contributed by atoms with van der Waals surface area (Å²) < 4.78 is 0. The van der Waals surface area contributed by atoms with Gasteiger partial charge in [0.05, 0.1) is 5.92 Å². The molecule has 1 N–H and O–H groups in total. The second-order valence-corrected chi connectivity index (χ2v) is 4.79. The quantitative estimate of drug-likeness (QED) is 0.498. The van der Waals surface area contributed by atoms with Crippen molar-refractivity contribution in [3.05, 3.63) is 29.8 Å². The van der Waals surface area contributed by atoms with Crippen molar-refractivity contribution in [2.24, 2.45) is 0 Å². The van der Waals surface area contributed by atoms with Crippen LogP contribution in [-0.4, -0.2) is 23.4 Å². The Morgan fingerprint density at radius 2 is 1.94 bits per heavy atom. The van der Waals surface area contributed by atoms with Crippen LogP contribution in [0.15, 0.2) is 29.2 Å². The molecule has 0 radical (unpaired) electrons. The Balaban J connectivity index is 2.44. The number of amides is 2. The molecule has 1 fully saturated rings. The highest BCUT2D eigenvalue weighted by Gasteiger charge is 2.42. The van der Waals surface area contributed by atoms with E-state index in [1.54, 1.807) is 0 Å². The smallest absolute Gasteiger partial charge is 0.245 e. The number of thioether (sulfide) groups is 1. The summed E-state index contributed by atoms with van der Waals surface area (Å²) in [4.78, 5) is 23.9. The van der Waals surface area contributed by atoms with E-state index in [0.717, 1.165) is 10.5 Å². The first kappa shape index (κ1) is 11.5. The summed E-state index contributed by atoms with van der Waals surface area (Å²) in [6.45, 7) is 0. The molecule has 0 aromatic heterocycles. The van der Waals surface area contributed by atoms with Gasteiger partial charge in [-0.1, -0.05) is 18.2 Å². The minimum absolute atomic E-state index is 0.313. The Labute approximate surface area is 103 Å². The second kappa shape index (κ2) is 4.47. The molecule has 1 aliphatic heterocycles. The van der Waals surface area contributed by atoms with Crippen molar-refractivity contribution in [3.63, 3.8) is 0 Å². The van der Waals surface area contributed by atoms with Gasteiger partial charge in [-0.2, -0.15) is 0 Å². The van der Waals surface area contributed by atoms with Gasteiger partial charge in [0.15, 0.2) is 0 Å². The molecule has 0 saturated carbocycles. The number of hydrogen-bond donors (Lipinski definition) is 1. The average molecular weight is 256 g/mol. The van der Waals surface area contributed by atoms with Crippen molar-refractivity contribution in [3.8, 4) is 0 Å². The highest BCUT2D eigenvalue weighted by Crippen LogP contribution is 2.34. The standard InChI is InChI=1S/C11H10ClNO2S/c1-16-7-5-3-2-4-6(7)8-9(12)11(15)13-10(8)14/h2-5,8-9H,1H3,(H,13,14,15). The van der Waals surface area contributed by atoms with Crippen LogP contribution in [0.25, 0.3) is 0 Å². The fourth-order valence-corrected chi connectivity index (χ4v) is 2.72. The van der Waals surface area contributed by atoms with E-state index < -0.39 is 17.2 Å². The molecule has 1 aromatic rings. The molecule has 2 amide bonds. The summed E-state index contributed by atoms with van der Waals surface area (Å²) in [5, 5.41) is 1.44. The minimum atomic E-state index is -0.805. The highest BCUT2D eigenvalue weighted by atomic mass is 35.5. The topological polar surface area (TPSA) is 46.2 Å². The van der Waals surface area contributed by atoms with Crippen molar-refractivity contribution in [2.45, 2.75) is 16.2 Å². The molecule has 1 aliphatic rings. The van der Waals surface area contributed by atoms with E-state index in [4.69, 9.17) is 11.6 Å². The summed E-state index contributed by atoms with van der Waals surface area (Å²) in [7, 11) is 0. The largest absolute Gasteiger partial charge is 0.295 e. The maximum Gasteiger partial charge on any atom is 0.245 e. The van der Waals surface area contributed by atoms with Gasteiger partial charge < -0.3 is 0 Å². The van der Waals surface area contributed by atoms with Gasteiger partial charge in [-0.25, -0.2) is 0 Å². The van der Waals surface area contributed by atoms with Gasteiger partial charge in [-0.05, 0) is 17.9 Å². The van der Waals surface area contributed by atoms with Gasteiger partial charge >= 0.3 is 0 Å². The number of rotatable bonds is 2. The summed E-state index contributed by atoms with van der Waals surface area (Å²) in [6, 6.07) is 7.49. The Bertz CT molecular complexity index is 449. The summed E-state index contributed by atoms with van der Waals surface area (Å²) in [6.07, 6.45) is 1.93. The van der Waals surface area contributed by atoms with Gasteiger partial charge in [0, 0.05) is 4.90 Å². The third-order valence-electron chi connectivity index (χ3n) is 2.55. The first-order valence-electron chi connectivity index (χ1n) is 4.77. The molecular formula is C11H10ClNO2S. The molecule has 1 heterocycles. The third-order valence-corrected chi connectivity index (χ3v) is 3.81. The lowest BCUT2D eigenvalue weighted by molar-refractivity contribution is -0.125. The molecule has 0 spiro atoms. The zero-order chi connectivity index (χ0) is 11.7. The lowest BCUT2D eigenvalue weighted by Crippen LogP contribution is -2.22. The monoisotopic (exact) mass is 255 g/mol. The normalized spacial score (nSPS) is 24.6.